The van der Waals surface area contributed by atoms with E-state index < -0.39 is 0 Å². The Kier molecular flexibility index (Phi) is 6.45. The maximum Gasteiger partial charge on any atom is 0.229 e. The number of carbonyl (C=O) groups is 1. The minimum atomic E-state index is 0. The summed E-state index contributed by atoms with van der Waals surface area (Å²) in [5, 5.41) is 0. The van der Waals surface area contributed by atoms with Crippen LogP contribution in [0.15, 0.2) is 24.3 Å². The monoisotopic (exact) mass is 324 g/mol. The van der Waals surface area contributed by atoms with Crippen LogP contribution in [0.3, 0.4) is 0 Å². The summed E-state index contributed by atoms with van der Waals surface area (Å²) < 4.78 is 0. The van der Waals surface area contributed by atoms with Crippen molar-refractivity contribution in [1.29, 1.82) is 0 Å². The van der Waals surface area contributed by atoms with Gasteiger partial charge >= 0.3 is 0 Å². The van der Waals surface area contributed by atoms with Crippen LogP contribution in [0.1, 0.15) is 52.0 Å². The SMILES string of the molecule is CN(C(=O)C1CCCC(N)C1)c1ccc(C(C)(C)C)cc1.Cl. The average molecular weight is 325 g/mol. The van der Waals surface area contributed by atoms with Gasteiger partial charge in [-0.15, -0.1) is 12.4 Å². The van der Waals surface area contributed by atoms with Crippen LogP contribution in [0.4, 0.5) is 5.69 Å². The molecule has 0 radical (unpaired) electrons. The summed E-state index contributed by atoms with van der Waals surface area (Å²) in [5.41, 5.74) is 8.38. The second kappa shape index (κ2) is 7.47. The van der Waals surface area contributed by atoms with Crippen molar-refractivity contribution in [1.82, 2.24) is 0 Å². The summed E-state index contributed by atoms with van der Waals surface area (Å²) in [6, 6.07) is 8.50. The maximum absolute atomic E-state index is 12.6. The molecule has 2 rings (SSSR count). The maximum atomic E-state index is 12.6. The van der Waals surface area contributed by atoms with Gasteiger partial charge in [0, 0.05) is 24.7 Å². The van der Waals surface area contributed by atoms with Gasteiger partial charge in [-0.3, -0.25) is 4.79 Å². The lowest BCUT2D eigenvalue weighted by molar-refractivity contribution is -0.123. The molecule has 3 nitrogen and oxygen atoms in total. The fourth-order valence-electron chi connectivity index (χ4n) is 3.04. The van der Waals surface area contributed by atoms with Crippen molar-refractivity contribution in [3.63, 3.8) is 0 Å². The van der Waals surface area contributed by atoms with Gasteiger partial charge in [-0.25, -0.2) is 0 Å². The molecule has 2 N–H and O–H groups in total. The highest BCUT2D eigenvalue weighted by Gasteiger charge is 2.28. The van der Waals surface area contributed by atoms with Gasteiger partial charge in [-0.2, -0.15) is 0 Å². The molecule has 0 aliphatic heterocycles. The Hall–Kier alpha value is -1.06. The Morgan fingerprint density at radius 3 is 2.27 bits per heavy atom. The molecule has 1 aliphatic rings. The molecule has 0 saturated heterocycles. The Morgan fingerprint density at radius 1 is 1.18 bits per heavy atom. The molecule has 1 amide bonds. The highest BCUT2D eigenvalue weighted by Crippen LogP contribution is 2.28. The Labute approximate surface area is 140 Å². The fraction of sp³-hybridized carbons (Fsp3) is 0.611. The van der Waals surface area contributed by atoms with Crippen LogP contribution in [-0.4, -0.2) is 19.0 Å². The third kappa shape index (κ3) is 4.47. The standard InChI is InChI=1S/C18H28N2O.ClH/c1-18(2,3)14-8-10-16(11-9-14)20(4)17(21)13-6-5-7-15(19)12-13;/h8-11,13,15H,5-7,12,19H2,1-4H3;1H. The third-order valence-corrected chi connectivity index (χ3v) is 4.52. The number of anilines is 1. The van der Waals surface area contributed by atoms with E-state index in [4.69, 9.17) is 5.73 Å². The number of halogens is 1. The van der Waals surface area contributed by atoms with Crippen molar-refractivity contribution >= 4 is 24.0 Å². The van der Waals surface area contributed by atoms with Crippen molar-refractivity contribution in [2.45, 2.75) is 57.9 Å². The van der Waals surface area contributed by atoms with Gasteiger partial charge < -0.3 is 10.6 Å². The number of nitrogens with zero attached hydrogens (tertiary/aromatic N) is 1. The van der Waals surface area contributed by atoms with Crippen LogP contribution in [0.5, 0.6) is 0 Å². The van der Waals surface area contributed by atoms with Gasteiger partial charge in [-0.1, -0.05) is 39.3 Å². The minimum Gasteiger partial charge on any atom is -0.328 e. The van der Waals surface area contributed by atoms with Crippen LogP contribution in [0.2, 0.25) is 0 Å². The van der Waals surface area contributed by atoms with Crippen LogP contribution in [-0.2, 0) is 10.2 Å². The van der Waals surface area contributed by atoms with Crippen LogP contribution in [0, 0.1) is 5.92 Å². The first-order valence-corrected chi connectivity index (χ1v) is 7.92. The number of benzene rings is 1. The quantitative estimate of drug-likeness (QED) is 0.897. The number of hydrogen-bond donors (Lipinski definition) is 1. The lowest BCUT2D eigenvalue weighted by atomic mass is 9.85. The molecule has 22 heavy (non-hydrogen) atoms. The van der Waals surface area contributed by atoms with Crippen LogP contribution >= 0.6 is 12.4 Å². The average Bonchev–Trinajstić information content (AvgIpc) is 2.45. The van der Waals surface area contributed by atoms with E-state index in [9.17, 15) is 4.79 Å². The van der Waals surface area contributed by atoms with E-state index in [2.05, 4.69) is 32.9 Å². The third-order valence-electron chi connectivity index (χ3n) is 4.52. The number of rotatable bonds is 2. The van der Waals surface area contributed by atoms with Gasteiger partial charge in [0.05, 0.1) is 0 Å². The van der Waals surface area contributed by atoms with E-state index in [1.807, 2.05) is 19.2 Å². The van der Waals surface area contributed by atoms with E-state index in [-0.39, 0.29) is 35.7 Å². The molecule has 0 heterocycles. The molecule has 1 aliphatic carbocycles. The first-order chi connectivity index (χ1) is 9.79. The van der Waals surface area contributed by atoms with Gasteiger partial charge in [0.1, 0.15) is 0 Å². The molecule has 1 aromatic rings. The predicted octanol–water partition coefficient (Wildman–Crippen LogP) is 3.89. The highest BCUT2D eigenvalue weighted by atomic mass is 35.5. The summed E-state index contributed by atoms with van der Waals surface area (Å²) in [5.74, 6) is 0.287. The molecule has 4 heteroatoms. The minimum absolute atomic E-state index is 0. The summed E-state index contributed by atoms with van der Waals surface area (Å²) in [6.45, 7) is 6.58. The predicted molar refractivity (Wildman–Crippen MR) is 95.7 cm³/mol. The first kappa shape index (κ1) is 19.0. The van der Waals surface area contributed by atoms with E-state index >= 15 is 0 Å². The molecule has 124 valence electrons. The van der Waals surface area contributed by atoms with Crippen molar-refractivity contribution in [2.75, 3.05) is 11.9 Å². The molecule has 1 aromatic carbocycles. The second-order valence-corrected chi connectivity index (χ2v) is 7.32. The smallest absolute Gasteiger partial charge is 0.229 e. The van der Waals surface area contributed by atoms with Crippen molar-refractivity contribution < 1.29 is 4.79 Å². The summed E-state index contributed by atoms with van der Waals surface area (Å²) in [4.78, 5) is 14.4. The van der Waals surface area contributed by atoms with Crippen molar-refractivity contribution in [2.24, 2.45) is 11.7 Å². The zero-order valence-electron chi connectivity index (χ0n) is 14.1. The fourth-order valence-corrected chi connectivity index (χ4v) is 3.04. The van der Waals surface area contributed by atoms with Crippen molar-refractivity contribution in [3.8, 4) is 0 Å². The largest absolute Gasteiger partial charge is 0.328 e. The van der Waals surface area contributed by atoms with Gasteiger partial charge in [0.25, 0.3) is 0 Å². The molecule has 2 unspecified atom stereocenters. The molecule has 0 bridgehead atoms. The highest BCUT2D eigenvalue weighted by molar-refractivity contribution is 5.94. The lowest BCUT2D eigenvalue weighted by Gasteiger charge is -2.29. The molecule has 2 atom stereocenters. The van der Waals surface area contributed by atoms with Gasteiger partial charge in [0.15, 0.2) is 0 Å². The normalized spacial score (nSPS) is 21.9. The van der Waals surface area contributed by atoms with E-state index in [1.54, 1.807) is 4.90 Å². The van der Waals surface area contributed by atoms with Gasteiger partial charge in [-0.05, 0) is 42.4 Å². The molecule has 1 saturated carbocycles. The van der Waals surface area contributed by atoms with Crippen LogP contribution in [0.25, 0.3) is 0 Å². The number of carbonyl (C=O) groups excluding carboxylic acids is 1. The molecule has 0 aromatic heterocycles. The first-order valence-electron chi connectivity index (χ1n) is 7.92. The Balaban J connectivity index is 0.00000242. The Bertz CT molecular complexity index is 493. The summed E-state index contributed by atoms with van der Waals surface area (Å²) in [7, 11) is 1.87. The molecule has 0 spiro atoms. The molecule has 1 fully saturated rings. The van der Waals surface area contributed by atoms with E-state index in [0.29, 0.717) is 0 Å². The van der Waals surface area contributed by atoms with Crippen LogP contribution < -0.4 is 10.6 Å². The van der Waals surface area contributed by atoms with E-state index in [1.165, 1.54) is 5.56 Å². The summed E-state index contributed by atoms with van der Waals surface area (Å²) >= 11 is 0. The van der Waals surface area contributed by atoms with E-state index in [0.717, 1.165) is 31.4 Å². The zero-order valence-corrected chi connectivity index (χ0v) is 15.0. The molecular formula is C18H29ClN2O. The number of amides is 1. The topological polar surface area (TPSA) is 46.3 Å². The Morgan fingerprint density at radius 2 is 1.77 bits per heavy atom. The summed E-state index contributed by atoms with van der Waals surface area (Å²) in [6.07, 6.45) is 3.91. The van der Waals surface area contributed by atoms with Gasteiger partial charge in [0.2, 0.25) is 5.91 Å². The lowest BCUT2D eigenvalue weighted by Crippen LogP contribution is -2.38. The zero-order chi connectivity index (χ0) is 15.6. The molecular weight excluding hydrogens is 296 g/mol. The number of nitrogens with two attached hydrogens (primary N) is 1. The second-order valence-electron chi connectivity index (χ2n) is 7.32. The number of hydrogen-bond acceptors (Lipinski definition) is 2. The van der Waals surface area contributed by atoms with Crippen molar-refractivity contribution in [3.05, 3.63) is 29.8 Å².